The average Bonchev–Trinajstić information content (AvgIpc) is 3.43. The van der Waals surface area contributed by atoms with Crippen molar-refractivity contribution in [2.75, 3.05) is 26.3 Å². The van der Waals surface area contributed by atoms with Crippen LogP contribution in [0.4, 0.5) is 0 Å². The fourth-order valence-electron chi connectivity index (χ4n) is 4.47. The lowest BCUT2D eigenvalue weighted by atomic mass is 10.0. The summed E-state index contributed by atoms with van der Waals surface area (Å²) in [6.07, 6.45) is 2.43. The first-order valence-electron chi connectivity index (χ1n) is 11.7. The number of halogens is 1. The van der Waals surface area contributed by atoms with Crippen molar-refractivity contribution in [2.24, 2.45) is 11.8 Å². The van der Waals surface area contributed by atoms with Crippen molar-refractivity contribution in [3.05, 3.63) is 46.5 Å². The Kier molecular flexibility index (Phi) is 7.65. The molecule has 33 heavy (non-hydrogen) atoms. The molecule has 1 fully saturated rings. The maximum absolute atomic E-state index is 12.9. The highest BCUT2D eigenvalue weighted by Gasteiger charge is 2.31. The Morgan fingerprint density at radius 3 is 2.76 bits per heavy atom. The molecule has 0 aliphatic carbocycles. The molecule has 2 aromatic rings. The lowest BCUT2D eigenvalue weighted by Gasteiger charge is -2.24. The summed E-state index contributed by atoms with van der Waals surface area (Å²) in [5.74, 6) is 1.79. The molecule has 0 radical (unpaired) electrons. The van der Waals surface area contributed by atoms with Gasteiger partial charge in [-0.2, -0.15) is 0 Å². The zero-order chi connectivity index (χ0) is 23.4. The van der Waals surface area contributed by atoms with E-state index in [1.165, 1.54) is 0 Å². The van der Waals surface area contributed by atoms with Gasteiger partial charge in [0.15, 0.2) is 5.82 Å². The first kappa shape index (κ1) is 23.7. The van der Waals surface area contributed by atoms with Gasteiger partial charge in [-0.15, -0.1) is 10.2 Å². The molecular formula is C24H32ClN5O3. The third kappa shape index (κ3) is 5.55. The summed E-state index contributed by atoms with van der Waals surface area (Å²) < 4.78 is 7.45. The molecule has 1 saturated heterocycles. The van der Waals surface area contributed by atoms with Crippen molar-refractivity contribution in [1.82, 2.24) is 25.0 Å². The monoisotopic (exact) mass is 473 g/mol. The summed E-state index contributed by atoms with van der Waals surface area (Å²) in [4.78, 5) is 27.5. The topological polar surface area (TPSA) is 89.3 Å². The van der Waals surface area contributed by atoms with Gasteiger partial charge in [-0.3, -0.25) is 9.59 Å². The number of hydrogen-bond acceptors (Lipinski definition) is 5. The second kappa shape index (κ2) is 10.7. The molecule has 3 heterocycles. The molecule has 0 saturated carbocycles. The zero-order valence-electron chi connectivity index (χ0n) is 19.3. The number of aryl methyl sites for hydroxylation is 1. The van der Waals surface area contributed by atoms with Crippen LogP contribution >= 0.6 is 11.6 Å². The second-order valence-electron chi connectivity index (χ2n) is 9.14. The molecule has 0 bridgehead atoms. The molecule has 1 aromatic carbocycles. The predicted molar refractivity (Wildman–Crippen MR) is 125 cm³/mol. The quantitative estimate of drug-likeness (QED) is 0.667. The van der Waals surface area contributed by atoms with Gasteiger partial charge in [-0.1, -0.05) is 43.6 Å². The van der Waals surface area contributed by atoms with E-state index < -0.39 is 0 Å². The fraction of sp³-hybridized carbons (Fsp3) is 0.583. The van der Waals surface area contributed by atoms with Crippen LogP contribution in [0.5, 0.6) is 0 Å². The third-order valence-corrected chi connectivity index (χ3v) is 6.89. The number of nitrogens with one attached hydrogen (secondary N) is 1. The second-order valence-corrected chi connectivity index (χ2v) is 9.55. The van der Waals surface area contributed by atoms with E-state index in [9.17, 15) is 9.59 Å². The predicted octanol–water partition coefficient (Wildman–Crippen LogP) is 2.80. The molecule has 2 atom stereocenters. The van der Waals surface area contributed by atoms with E-state index in [0.29, 0.717) is 57.1 Å². The SMILES string of the molecule is CC(C)C(NC(=O)C1CCOC1)c1nnc2n1CCN(C(=O)CCc1ccccc1Cl)CC2. The number of carbonyl (C=O) groups is 2. The normalized spacial score (nSPS) is 19.3. The van der Waals surface area contributed by atoms with Crippen LogP contribution in [0.15, 0.2) is 24.3 Å². The first-order valence-corrected chi connectivity index (χ1v) is 12.1. The molecule has 8 nitrogen and oxygen atoms in total. The maximum atomic E-state index is 12.9. The number of rotatable bonds is 7. The van der Waals surface area contributed by atoms with E-state index in [-0.39, 0.29) is 29.7 Å². The molecule has 1 aromatic heterocycles. The van der Waals surface area contributed by atoms with Gasteiger partial charge in [0.2, 0.25) is 11.8 Å². The summed E-state index contributed by atoms with van der Waals surface area (Å²) in [5, 5.41) is 12.7. The van der Waals surface area contributed by atoms with Crippen LogP contribution in [0.3, 0.4) is 0 Å². The van der Waals surface area contributed by atoms with Gasteiger partial charge < -0.3 is 19.5 Å². The van der Waals surface area contributed by atoms with Crippen LogP contribution in [0.2, 0.25) is 5.02 Å². The molecule has 178 valence electrons. The number of hydrogen-bond donors (Lipinski definition) is 1. The molecule has 1 N–H and O–H groups in total. The average molecular weight is 474 g/mol. The van der Waals surface area contributed by atoms with Gasteiger partial charge in [-0.25, -0.2) is 0 Å². The summed E-state index contributed by atoms with van der Waals surface area (Å²) >= 11 is 6.24. The number of amides is 2. The van der Waals surface area contributed by atoms with Gasteiger partial charge >= 0.3 is 0 Å². The lowest BCUT2D eigenvalue weighted by Crippen LogP contribution is -2.38. The van der Waals surface area contributed by atoms with Crippen LogP contribution in [-0.4, -0.2) is 57.8 Å². The van der Waals surface area contributed by atoms with Crippen molar-refractivity contribution in [2.45, 2.75) is 52.1 Å². The van der Waals surface area contributed by atoms with Gasteiger partial charge in [-0.05, 0) is 30.4 Å². The van der Waals surface area contributed by atoms with E-state index in [4.69, 9.17) is 16.3 Å². The maximum Gasteiger partial charge on any atom is 0.226 e. The van der Waals surface area contributed by atoms with E-state index in [1.54, 1.807) is 0 Å². The summed E-state index contributed by atoms with van der Waals surface area (Å²) in [6, 6.07) is 7.41. The first-order chi connectivity index (χ1) is 15.9. The lowest BCUT2D eigenvalue weighted by molar-refractivity contribution is -0.131. The molecule has 2 aliphatic rings. The standard InChI is InChI=1S/C24H32ClN5O3/c1-16(2)22(26-24(32)18-10-14-33-15-18)23-28-27-20-9-11-29(12-13-30(20)23)21(31)8-7-17-5-3-4-6-19(17)25/h3-6,16,18,22H,7-15H2,1-2H3,(H,26,32). The van der Waals surface area contributed by atoms with Crippen LogP contribution in [0.25, 0.3) is 0 Å². The highest BCUT2D eigenvalue weighted by molar-refractivity contribution is 6.31. The Balaban J connectivity index is 1.40. The minimum Gasteiger partial charge on any atom is -0.381 e. The fourth-order valence-corrected chi connectivity index (χ4v) is 4.70. The largest absolute Gasteiger partial charge is 0.381 e. The Bertz CT molecular complexity index is 986. The van der Waals surface area contributed by atoms with Gasteiger partial charge in [0.25, 0.3) is 0 Å². The molecular weight excluding hydrogens is 442 g/mol. The smallest absolute Gasteiger partial charge is 0.226 e. The molecule has 2 unspecified atom stereocenters. The molecule has 2 amide bonds. The van der Waals surface area contributed by atoms with Crippen LogP contribution in [0, 0.1) is 11.8 Å². The van der Waals surface area contributed by atoms with Crippen molar-refractivity contribution in [1.29, 1.82) is 0 Å². The molecule has 4 rings (SSSR count). The Labute approximate surface area is 199 Å². The van der Waals surface area contributed by atoms with Gasteiger partial charge in [0.05, 0.1) is 18.6 Å². The summed E-state index contributed by atoms with van der Waals surface area (Å²) in [5.41, 5.74) is 0.991. The highest BCUT2D eigenvalue weighted by Crippen LogP contribution is 2.24. The Morgan fingerprint density at radius 2 is 2.03 bits per heavy atom. The molecule has 9 heteroatoms. The third-order valence-electron chi connectivity index (χ3n) is 6.52. The van der Waals surface area contributed by atoms with E-state index in [0.717, 1.165) is 23.6 Å². The minimum atomic E-state index is -0.234. The van der Waals surface area contributed by atoms with E-state index in [2.05, 4.69) is 33.9 Å². The number of fused-ring (bicyclic) bond motifs is 1. The highest BCUT2D eigenvalue weighted by atomic mass is 35.5. The van der Waals surface area contributed by atoms with Crippen LogP contribution in [0.1, 0.15) is 49.9 Å². The van der Waals surface area contributed by atoms with Crippen molar-refractivity contribution < 1.29 is 14.3 Å². The summed E-state index contributed by atoms with van der Waals surface area (Å²) in [6.45, 7) is 7.05. The number of carbonyl (C=O) groups excluding carboxylic acids is 2. The molecule has 2 aliphatic heterocycles. The van der Waals surface area contributed by atoms with Crippen molar-refractivity contribution in [3.8, 4) is 0 Å². The number of aromatic nitrogens is 3. The zero-order valence-corrected chi connectivity index (χ0v) is 20.1. The Hall–Kier alpha value is -2.45. The molecule has 0 spiro atoms. The number of ether oxygens (including phenoxy) is 1. The van der Waals surface area contributed by atoms with Crippen molar-refractivity contribution in [3.63, 3.8) is 0 Å². The number of benzene rings is 1. The van der Waals surface area contributed by atoms with Crippen molar-refractivity contribution >= 4 is 23.4 Å². The number of nitrogens with zero attached hydrogens (tertiary/aromatic N) is 4. The minimum absolute atomic E-state index is 0.00792. The Morgan fingerprint density at radius 1 is 1.21 bits per heavy atom. The van der Waals surface area contributed by atoms with Crippen LogP contribution < -0.4 is 5.32 Å². The van der Waals surface area contributed by atoms with Gasteiger partial charge in [0.1, 0.15) is 5.82 Å². The summed E-state index contributed by atoms with van der Waals surface area (Å²) in [7, 11) is 0. The van der Waals surface area contributed by atoms with Crippen LogP contribution in [-0.2, 0) is 33.7 Å². The van der Waals surface area contributed by atoms with Gasteiger partial charge in [0, 0.05) is 44.1 Å². The van der Waals surface area contributed by atoms with E-state index >= 15 is 0 Å². The van der Waals surface area contributed by atoms with E-state index in [1.807, 2.05) is 29.2 Å².